The molecule has 0 saturated heterocycles. The first-order valence-corrected chi connectivity index (χ1v) is 6.78. The van der Waals surface area contributed by atoms with E-state index in [2.05, 4.69) is 49.6 Å². The fraction of sp³-hybridized carbons (Fsp3) is 0.438. The van der Waals surface area contributed by atoms with E-state index in [4.69, 9.17) is 4.98 Å². The summed E-state index contributed by atoms with van der Waals surface area (Å²) in [5.41, 5.74) is 5.03. The normalized spacial score (nSPS) is 18.7. The van der Waals surface area contributed by atoms with Gasteiger partial charge in [-0.05, 0) is 26.2 Å². The van der Waals surface area contributed by atoms with Gasteiger partial charge < -0.3 is 4.57 Å². The summed E-state index contributed by atoms with van der Waals surface area (Å²) in [6, 6.07) is 8.69. The highest BCUT2D eigenvalue weighted by Crippen LogP contribution is 2.28. The average molecular weight is 240 g/mol. The lowest BCUT2D eigenvalue weighted by atomic mass is 10.0. The van der Waals surface area contributed by atoms with Gasteiger partial charge in [0.2, 0.25) is 0 Å². The lowest BCUT2D eigenvalue weighted by molar-refractivity contribution is 0.405. The summed E-state index contributed by atoms with van der Waals surface area (Å²) in [6.45, 7) is 7.76. The molecule has 1 aromatic carbocycles. The fourth-order valence-corrected chi connectivity index (χ4v) is 2.79. The van der Waals surface area contributed by atoms with Crippen LogP contribution < -0.4 is 0 Å². The Bertz CT molecular complexity index is 564. The van der Waals surface area contributed by atoms with Gasteiger partial charge in [0.05, 0.1) is 5.69 Å². The van der Waals surface area contributed by atoms with Crippen LogP contribution in [0.15, 0.2) is 24.3 Å². The molecule has 1 aliphatic heterocycles. The number of hydrogen-bond donors (Lipinski definition) is 0. The van der Waals surface area contributed by atoms with Gasteiger partial charge >= 0.3 is 0 Å². The van der Waals surface area contributed by atoms with Crippen LogP contribution in [0.2, 0.25) is 0 Å². The van der Waals surface area contributed by atoms with E-state index in [-0.39, 0.29) is 0 Å². The van der Waals surface area contributed by atoms with Crippen LogP contribution in [0.4, 0.5) is 0 Å². The Morgan fingerprint density at radius 3 is 2.61 bits per heavy atom. The van der Waals surface area contributed by atoms with Crippen molar-refractivity contribution >= 4 is 0 Å². The number of rotatable bonds is 1. The highest BCUT2D eigenvalue weighted by Gasteiger charge is 2.21. The second-order valence-electron chi connectivity index (χ2n) is 5.58. The molecule has 0 fully saturated rings. The van der Waals surface area contributed by atoms with E-state index >= 15 is 0 Å². The first-order valence-electron chi connectivity index (χ1n) is 6.78. The van der Waals surface area contributed by atoms with E-state index in [1.54, 1.807) is 0 Å². The lowest BCUT2D eigenvalue weighted by Crippen LogP contribution is -2.17. The van der Waals surface area contributed by atoms with Crippen LogP contribution in [0.1, 0.15) is 30.4 Å². The molecular formula is C16H20N2. The second-order valence-corrected chi connectivity index (χ2v) is 5.58. The molecule has 1 aromatic heterocycles. The maximum atomic E-state index is 4.86. The fourth-order valence-electron chi connectivity index (χ4n) is 2.79. The zero-order chi connectivity index (χ0) is 12.7. The van der Waals surface area contributed by atoms with Crippen molar-refractivity contribution in [2.75, 3.05) is 0 Å². The number of fused-ring (bicyclic) bond motifs is 1. The Morgan fingerprint density at radius 2 is 1.89 bits per heavy atom. The van der Waals surface area contributed by atoms with Crippen molar-refractivity contribution < 1.29 is 0 Å². The van der Waals surface area contributed by atoms with Crippen molar-refractivity contribution in [2.24, 2.45) is 5.92 Å². The summed E-state index contributed by atoms with van der Waals surface area (Å²) in [5, 5.41) is 0. The van der Waals surface area contributed by atoms with Gasteiger partial charge in [-0.2, -0.15) is 0 Å². The van der Waals surface area contributed by atoms with Crippen molar-refractivity contribution in [3.8, 4) is 11.3 Å². The summed E-state index contributed by atoms with van der Waals surface area (Å²) in [4.78, 5) is 4.86. The molecule has 0 bridgehead atoms. The Labute approximate surface area is 109 Å². The van der Waals surface area contributed by atoms with Crippen molar-refractivity contribution in [1.29, 1.82) is 0 Å². The molecule has 18 heavy (non-hydrogen) atoms. The summed E-state index contributed by atoms with van der Waals surface area (Å²) < 4.78 is 2.40. The molecule has 2 heteroatoms. The molecule has 0 N–H and O–H groups in total. The molecule has 2 heterocycles. The van der Waals surface area contributed by atoms with Crippen molar-refractivity contribution in [3.05, 3.63) is 41.3 Å². The van der Waals surface area contributed by atoms with Crippen molar-refractivity contribution in [3.63, 3.8) is 0 Å². The van der Waals surface area contributed by atoms with Crippen LogP contribution in [0.5, 0.6) is 0 Å². The van der Waals surface area contributed by atoms with E-state index in [1.807, 2.05) is 0 Å². The Morgan fingerprint density at radius 1 is 1.17 bits per heavy atom. The highest BCUT2D eigenvalue weighted by molar-refractivity contribution is 5.62. The van der Waals surface area contributed by atoms with E-state index in [0.29, 0.717) is 0 Å². The molecule has 0 radical (unpaired) electrons. The van der Waals surface area contributed by atoms with Gasteiger partial charge in [0.1, 0.15) is 5.82 Å². The minimum atomic E-state index is 0.769. The summed E-state index contributed by atoms with van der Waals surface area (Å²) >= 11 is 0. The topological polar surface area (TPSA) is 17.8 Å². The van der Waals surface area contributed by atoms with Gasteiger partial charge in [-0.1, -0.05) is 36.8 Å². The molecule has 1 atom stereocenters. The van der Waals surface area contributed by atoms with Crippen LogP contribution >= 0.6 is 0 Å². The molecule has 0 aliphatic carbocycles. The van der Waals surface area contributed by atoms with Crippen LogP contribution in [-0.4, -0.2) is 9.55 Å². The first kappa shape index (κ1) is 11.5. The average Bonchev–Trinajstić information content (AvgIpc) is 2.67. The molecule has 0 saturated carbocycles. The second kappa shape index (κ2) is 4.27. The summed E-state index contributed by atoms with van der Waals surface area (Å²) in [7, 11) is 0. The minimum absolute atomic E-state index is 0.769. The Kier molecular flexibility index (Phi) is 2.73. The number of aryl methyl sites for hydroxylation is 1. The largest absolute Gasteiger partial charge is 0.332 e. The lowest BCUT2D eigenvalue weighted by Gasteiger charge is -2.20. The van der Waals surface area contributed by atoms with Crippen LogP contribution in [-0.2, 0) is 13.0 Å². The number of imidazole rings is 1. The predicted molar refractivity (Wildman–Crippen MR) is 74.6 cm³/mol. The predicted octanol–water partition coefficient (Wildman–Crippen LogP) is 3.75. The maximum Gasteiger partial charge on any atom is 0.109 e. The van der Waals surface area contributed by atoms with Crippen molar-refractivity contribution in [1.82, 2.24) is 9.55 Å². The summed E-state index contributed by atoms with van der Waals surface area (Å²) in [5.74, 6) is 2.03. The standard InChI is InChI=1S/C16H20N2/c1-11-4-6-14(7-5-11)16-13(3)18-9-8-12(2)10-15(18)17-16/h4-7,12H,8-10H2,1-3H3. The summed E-state index contributed by atoms with van der Waals surface area (Å²) in [6.07, 6.45) is 2.39. The van der Waals surface area contributed by atoms with Gasteiger partial charge in [0, 0.05) is 24.2 Å². The maximum absolute atomic E-state index is 4.86. The zero-order valence-corrected chi connectivity index (χ0v) is 11.4. The molecule has 3 rings (SSSR count). The highest BCUT2D eigenvalue weighted by atomic mass is 15.1. The third-order valence-corrected chi connectivity index (χ3v) is 4.00. The van der Waals surface area contributed by atoms with Gasteiger partial charge in [0.25, 0.3) is 0 Å². The molecule has 1 aliphatic rings. The third kappa shape index (κ3) is 1.86. The van der Waals surface area contributed by atoms with E-state index < -0.39 is 0 Å². The monoisotopic (exact) mass is 240 g/mol. The van der Waals surface area contributed by atoms with Gasteiger partial charge in [-0.25, -0.2) is 4.98 Å². The smallest absolute Gasteiger partial charge is 0.109 e. The SMILES string of the molecule is Cc1ccc(-c2nc3n(c2C)CCC(C)C3)cc1. The van der Waals surface area contributed by atoms with E-state index in [1.165, 1.54) is 34.8 Å². The van der Waals surface area contributed by atoms with Crippen LogP contribution in [0, 0.1) is 19.8 Å². The van der Waals surface area contributed by atoms with Gasteiger partial charge in [0.15, 0.2) is 0 Å². The van der Waals surface area contributed by atoms with Crippen molar-refractivity contribution in [2.45, 2.75) is 40.2 Å². The third-order valence-electron chi connectivity index (χ3n) is 4.00. The molecular weight excluding hydrogens is 220 g/mol. The Balaban J connectivity index is 2.06. The van der Waals surface area contributed by atoms with Gasteiger partial charge in [-0.15, -0.1) is 0 Å². The van der Waals surface area contributed by atoms with E-state index in [0.717, 1.165) is 18.9 Å². The Hall–Kier alpha value is -1.57. The number of aromatic nitrogens is 2. The quantitative estimate of drug-likeness (QED) is 0.742. The molecule has 0 spiro atoms. The van der Waals surface area contributed by atoms with Crippen LogP contribution in [0.3, 0.4) is 0 Å². The van der Waals surface area contributed by atoms with Gasteiger partial charge in [-0.3, -0.25) is 0 Å². The molecule has 0 amide bonds. The van der Waals surface area contributed by atoms with E-state index in [9.17, 15) is 0 Å². The number of nitrogens with zero attached hydrogens (tertiary/aromatic N) is 2. The number of hydrogen-bond acceptors (Lipinski definition) is 1. The molecule has 94 valence electrons. The molecule has 2 nitrogen and oxygen atoms in total. The minimum Gasteiger partial charge on any atom is -0.332 e. The van der Waals surface area contributed by atoms with Crippen LogP contribution in [0.25, 0.3) is 11.3 Å². The number of benzene rings is 1. The zero-order valence-electron chi connectivity index (χ0n) is 11.4. The molecule has 1 unspecified atom stereocenters. The molecule has 2 aromatic rings. The first-order chi connectivity index (χ1) is 8.65.